The fraction of sp³-hybridized carbons (Fsp3) is 0.333. The van der Waals surface area contributed by atoms with E-state index in [9.17, 15) is 5.11 Å². The van der Waals surface area contributed by atoms with Gasteiger partial charge in [0.1, 0.15) is 0 Å². The van der Waals surface area contributed by atoms with Crippen LogP contribution in [0, 0.1) is 6.92 Å². The van der Waals surface area contributed by atoms with Crippen molar-refractivity contribution in [1.29, 1.82) is 0 Å². The van der Waals surface area contributed by atoms with Crippen molar-refractivity contribution in [3.05, 3.63) is 65.5 Å². The van der Waals surface area contributed by atoms with Crippen LogP contribution in [0.25, 0.3) is 0 Å². The van der Waals surface area contributed by atoms with Gasteiger partial charge in [0.05, 0.1) is 12.6 Å². The van der Waals surface area contributed by atoms with Gasteiger partial charge in [-0.25, -0.2) is 4.99 Å². The van der Waals surface area contributed by atoms with Crippen LogP contribution in [0.15, 0.2) is 53.8 Å². The molecule has 0 saturated carbocycles. The quantitative estimate of drug-likeness (QED) is 0.367. The number of rotatable bonds is 6. The van der Waals surface area contributed by atoms with Gasteiger partial charge in [-0.2, -0.15) is 0 Å². The van der Waals surface area contributed by atoms with Crippen LogP contribution in [-0.2, 0) is 6.54 Å². The molecule has 0 spiro atoms. The van der Waals surface area contributed by atoms with E-state index in [1.54, 1.807) is 12.4 Å². The Kier molecular flexibility index (Phi) is 9.33. The molecule has 3 N–H and O–H groups in total. The molecule has 2 rings (SSSR count). The highest BCUT2D eigenvalue weighted by atomic mass is 127. The number of halogens is 1. The predicted octanol–water partition coefficient (Wildman–Crippen LogP) is 2.80. The van der Waals surface area contributed by atoms with Crippen LogP contribution in [-0.4, -0.2) is 29.1 Å². The van der Waals surface area contributed by atoms with Gasteiger partial charge in [-0.3, -0.25) is 4.98 Å². The minimum Gasteiger partial charge on any atom is -0.387 e. The Hall–Kier alpha value is -1.67. The van der Waals surface area contributed by atoms with Crippen LogP contribution in [0.5, 0.6) is 0 Å². The zero-order valence-electron chi connectivity index (χ0n) is 14.1. The molecule has 0 radical (unpaired) electrons. The Bertz CT molecular complexity index is 634. The summed E-state index contributed by atoms with van der Waals surface area (Å²) < 4.78 is 0. The molecule has 6 heteroatoms. The van der Waals surface area contributed by atoms with E-state index in [2.05, 4.69) is 39.7 Å². The highest BCUT2D eigenvalue weighted by Gasteiger charge is 2.08. The molecule has 0 bridgehead atoms. The molecule has 0 aliphatic rings. The number of nitrogens with zero attached hydrogens (tertiary/aromatic N) is 2. The highest BCUT2D eigenvalue weighted by molar-refractivity contribution is 14.0. The average Bonchev–Trinajstić information content (AvgIpc) is 2.59. The number of aliphatic hydroxyl groups excluding tert-OH is 1. The van der Waals surface area contributed by atoms with Gasteiger partial charge in [-0.05, 0) is 42.7 Å². The second kappa shape index (κ2) is 11.0. The topological polar surface area (TPSA) is 69.5 Å². The molecular weight excluding hydrogens is 415 g/mol. The molecule has 0 fully saturated rings. The van der Waals surface area contributed by atoms with Crippen LogP contribution < -0.4 is 10.6 Å². The molecule has 2 aromatic rings. The van der Waals surface area contributed by atoms with Gasteiger partial charge in [0.2, 0.25) is 0 Å². The second-order valence-electron chi connectivity index (χ2n) is 5.30. The predicted molar refractivity (Wildman–Crippen MR) is 109 cm³/mol. The number of aromatic nitrogens is 1. The van der Waals surface area contributed by atoms with E-state index >= 15 is 0 Å². The molecule has 0 saturated heterocycles. The molecule has 0 amide bonds. The molecule has 1 heterocycles. The number of nitrogens with one attached hydrogen (secondary N) is 2. The van der Waals surface area contributed by atoms with Crippen LogP contribution in [0.1, 0.15) is 29.7 Å². The van der Waals surface area contributed by atoms with Gasteiger partial charge in [0.15, 0.2) is 5.96 Å². The third-order valence-corrected chi connectivity index (χ3v) is 3.57. The number of aryl methyl sites for hydroxylation is 1. The summed E-state index contributed by atoms with van der Waals surface area (Å²) in [5, 5.41) is 16.6. The van der Waals surface area contributed by atoms with Crippen LogP contribution in [0.2, 0.25) is 0 Å². The van der Waals surface area contributed by atoms with Crippen molar-refractivity contribution in [2.45, 2.75) is 26.5 Å². The number of benzene rings is 1. The van der Waals surface area contributed by atoms with Crippen molar-refractivity contribution < 1.29 is 5.11 Å². The van der Waals surface area contributed by atoms with Gasteiger partial charge in [0, 0.05) is 25.5 Å². The first-order valence-electron chi connectivity index (χ1n) is 7.85. The Balaban J connectivity index is 0.00000288. The van der Waals surface area contributed by atoms with Gasteiger partial charge in [-0.1, -0.05) is 24.3 Å². The molecule has 1 aromatic carbocycles. The maximum Gasteiger partial charge on any atom is 0.191 e. The van der Waals surface area contributed by atoms with E-state index in [0.717, 1.165) is 12.1 Å². The molecule has 130 valence electrons. The average molecular weight is 440 g/mol. The van der Waals surface area contributed by atoms with E-state index in [1.807, 2.05) is 31.2 Å². The van der Waals surface area contributed by atoms with E-state index in [-0.39, 0.29) is 24.0 Å². The van der Waals surface area contributed by atoms with Crippen molar-refractivity contribution >= 4 is 29.9 Å². The lowest BCUT2D eigenvalue weighted by molar-refractivity contribution is 0.180. The summed E-state index contributed by atoms with van der Waals surface area (Å²) in [6, 6.07) is 11.8. The maximum atomic E-state index is 10.2. The molecule has 1 atom stereocenters. The summed E-state index contributed by atoms with van der Waals surface area (Å²) in [7, 11) is 0. The van der Waals surface area contributed by atoms with Crippen LogP contribution >= 0.6 is 24.0 Å². The number of guanidine groups is 1. The monoisotopic (exact) mass is 440 g/mol. The molecule has 0 aliphatic carbocycles. The lowest BCUT2D eigenvalue weighted by atomic mass is 10.1. The van der Waals surface area contributed by atoms with Gasteiger partial charge in [0.25, 0.3) is 0 Å². The standard InChI is InChI=1S/C18H24N4O.HI/c1-3-20-18(21-12-16-7-5-4-6-14(16)2)22-13-17(23)15-8-10-19-11-9-15;/h4-11,17,23H,3,12-13H2,1-2H3,(H2,20,21,22);1H. The first-order valence-corrected chi connectivity index (χ1v) is 7.85. The fourth-order valence-electron chi connectivity index (χ4n) is 2.19. The summed E-state index contributed by atoms with van der Waals surface area (Å²) in [6.07, 6.45) is 2.76. The summed E-state index contributed by atoms with van der Waals surface area (Å²) in [5.74, 6) is 0.698. The molecule has 1 unspecified atom stereocenters. The Morgan fingerprint density at radius 3 is 2.54 bits per heavy atom. The van der Waals surface area contributed by atoms with Gasteiger partial charge < -0.3 is 15.7 Å². The van der Waals surface area contributed by atoms with Crippen molar-refractivity contribution in [2.24, 2.45) is 4.99 Å². The lowest BCUT2D eigenvalue weighted by Gasteiger charge is -2.15. The maximum absolute atomic E-state index is 10.2. The van der Waals surface area contributed by atoms with E-state index < -0.39 is 6.10 Å². The Labute approximate surface area is 160 Å². The number of hydrogen-bond donors (Lipinski definition) is 3. The van der Waals surface area contributed by atoms with Crippen molar-refractivity contribution in [2.75, 3.05) is 13.1 Å². The minimum absolute atomic E-state index is 0. The number of aliphatic imine (C=N–C) groups is 1. The number of hydrogen-bond acceptors (Lipinski definition) is 3. The highest BCUT2D eigenvalue weighted by Crippen LogP contribution is 2.10. The Morgan fingerprint density at radius 1 is 1.17 bits per heavy atom. The number of aliphatic hydroxyl groups is 1. The van der Waals surface area contributed by atoms with Gasteiger partial charge >= 0.3 is 0 Å². The molecule has 1 aromatic heterocycles. The first-order chi connectivity index (χ1) is 11.2. The summed E-state index contributed by atoms with van der Waals surface area (Å²) >= 11 is 0. The zero-order chi connectivity index (χ0) is 16.5. The normalized spacial score (nSPS) is 12.2. The third kappa shape index (κ3) is 6.45. The number of pyridine rings is 1. The van der Waals surface area contributed by atoms with Crippen molar-refractivity contribution in [3.63, 3.8) is 0 Å². The van der Waals surface area contributed by atoms with Crippen LogP contribution in [0.3, 0.4) is 0 Å². The molecular formula is C18H25IN4O. The first kappa shape index (κ1) is 20.4. The van der Waals surface area contributed by atoms with E-state index in [0.29, 0.717) is 19.0 Å². The van der Waals surface area contributed by atoms with Gasteiger partial charge in [-0.15, -0.1) is 24.0 Å². The molecule has 24 heavy (non-hydrogen) atoms. The largest absolute Gasteiger partial charge is 0.387 e. The van der Waals surface area contributed by atoms with E-state index in [1.165, 1.54) is 11.1 Å². The summed E-state index contributed by atoms with van der Waals surface area (Å²) in [5.41, 5.74) is 3.26. The van der Waals surface area contributed by atoms with Crippen molar-refractivity contribution in [1.82, 2.24) is 15.6 Å². The van der Waals surface area contributed by atoms with E-state index in [4.69, 9.17) is 0 Å². The summed E-state index contributed by atoms with van der Waals surface area (Å²) in [4.78, 5) is 8.54. The lowest BCUT2D eigenvalue weighted by Crippen LogP contribution is -2.39. The fourth-order valence-corrected chi connectivity index (χ4v) is 2.19. The second-order valence-corrected chi connectivity index (χ2v) is 5.30. The zero-order valence-corrected chi connectivity index (χ0v) is 16.4. The van der Waals surface area contributed by atoms with Crippen LogP contribution in [0.4, 0.5) is 0 Å². The molecule has 5 nitrogen and oxygen atoms in total. The summed E-state index contributed by atoms with van der Waals surface area (Å²) in [6.45, 7) is 5.87. The SMILES string of the molecule is CCNC(=NCc1ccccc1C)NCC(O)c1ccncc1.I. The minimum atomic E-state index is -0.597. The smallest absolute Gasteiger partial charge is 0.191 e. The Morgan fingerprint density at radius 2 is 1.88 bits per heavy atom. The molecule has 0 aliphatic heterocycles. The third-order valence-electron chi connectivity index (χ3n) is 3.57. The van der Waals surface area contributed by atoms with Crippen molar-refractivity contribution in [3.8, 4) is 0 Å².